The summed E-state index contributed by atoms with van der Waals surface area (Å²) >= 11 is 11.9. The number of hydrogen-bond donors (Lipinski definition) is 1. The molecule has 0 saturated carbocycles. The number of ether oxygens (including phenoxy) is 1. The normalized spacial score (nSPS) is 11.4. The lowest BCUT2D eigenvalue weighted by molar-refractivity contribution is 0.478. The van der Waals surface area contributed by atoms with Crippen LogP contribution in [0.3, 0.4) is 0 Å². The Labute approximate surface area is 127 Å². The van der Waals surface area contributed by atoms with Crippen LogP contribution in [0.4, 0.5) is 0 Å². The van der Waals surface area contributed by atoms with Gasteiger partial charge < -0.3 is 4.74 Å². The van der Waals surface area contributed by atoms with Crippen molar-refractivity contribution in [3.05, 3.63) is 52.0 Å². The van der Waals surface area contributed by atoms with Crippen LogP contribution < -0.4 is 9.88 Å². The summed E-state index contributed by atoms with van der Waals surface area (Å²) in [5.74, 6) is 0.921. The molecule has 0 radical (unpaired) electrons. The van der Waals surface area contributed by atoms with E-state index in [2.05, 4.69) is 0 Å². The molecule has 2 aromatic rings. The van der Waals surface area contributed by atoms with Gasteiger partial charge in [-0.2, -0.15) is 0 Å². The van der Waals surface area contributed by atoms with E-state index in [1.807, 2.05) is 6.92 Å². The fraction of sp³-hybridized carbons (Fsp3) is 0.0769. The summed E-state index contributed by atoms with van der Waals surface area (Å²) in [6, 6.07) is 9.19. The van der Waals surface area contributed by atoms with Crippen molar-refractivity contribution in [3.8, 4) is 11.5 Å². The minimum Gasteiger partial charge on any atom is -0.456 e. The molecule has 0 spiro atoms. The molecule has 2 rings (SSSR count). The minimum absolute atomic E-state index is 0.0670. The standard InChI is InChI=1S/C13H11Cl2NO3S/c1-8-6-9(14)2-4-12(8)19-13-5-3-10(7-11(13)15)20(16,17)18/h2-7H,1H3,(H2,16,17,18). The van der Waals surface area contributed by atoms with E-state index in [1.165, 1.54) is 18.2 Å². The van der Waals surface area contributed by atoms with Gasteiger partial charge in [-0.1, -0.05) is 23.2 Å². The molecular formula is C13H11Cl2NO3S. The first-order valence-corrected chi connectivity index (χ1v) is 7.84. The van der Waals surface area contributed by atoms with Crippen molar-refractivity contribution in [1.82, 2.24) is 0 Å². The smallest absolute Gasteiger partial charge is 0.238 e. The highest BCUT2D eigenvalue weighted by Gasteiger charge is 2.12. The molecule has 0 heterocycles. The topological polar surface area (TPSA) is 69.4 Å². The third-order valence-corrected chi connectivity index (χ3v) is 4.03. The van der Waals surface area contributed by atoms with Gasteiger partial charge in [-0.05, 0) is 48.9 Å². The third-order valence-electron chi connectivity index (χ3n) is 2.59. The molecule has 0 unspecified atom stereocenters. The zero-order valence-corrected chi connectivity index (χ0v) is 12.8. The van der Waals surface area contributed by atoms with Crippen molar-refractivity contribution in [1.29, 1.82) is 0 Å². The lowest BCUT2D eigenvalue weighted by Crippen LogP contribution is -2.11. The van der Waals surface area contributed by atoms with Crippen LogP contribution in [-0.2, 0) is 10.0 Å². The molecule has 4 nitrogen and oxygen atoms in total. The van der Waals surface area contributed by atoms with Crippen LogP contribution in [0.25, 0.3) is 0 Å². The monoisotopic (exact) mass is 331 g/mol. The molecule has 0 aromatic heterocycles. The van der Waals surface area contributed by atoms with E-state index >= 15 is 0 Å². The van der Waals surface area contributed by atoms with E-state index < -0.39 is 10.0 Å². The van der Waals surface area contributed by atoms with Crippen LogP contribution in [0.2, 0.25) is 10.0 Å². The summed E-state index contributed by atoms with van der Waals surface area (Å²) in [6.07, 6.45) is 0. The Hall–Kier alpha value is -1.27. The quantitative estimate of drug-likeness (QED) is 0.931. The average Bonchev–Trinajstić information content (AvgIpc) is 2.33. The molecule has 0 fully saturated rings. The van der Waals surface area contributed by atoms with E-state index in [0.717, 1.165) is 5.56 Å². The third kappa shape index (κ3) is 3.43. The Bertz CT molecular complexity index is 760. The van der Waals surface area contributed by atoms with Crippen molar-refractivity contribution >= 4 is 33.2 Å². The summed E-state index contributed by atoms with van der Waals surface area (Å²) in [4.78, 5) is -0.0670. The van der Waals surface area contributed by atoms with Crippen molar-refractivity contribution < 1.29 is 13.2 Å². The zero-order valence-electron chi connectivity index (χ0n) is 10.4. The molecule has 7 heteroatoms. The van der Waals surface area contributed by atoms with Crippen LogP contribution in [0.15, 0.2) is 41.3 Å². The second kappa shape index (κ2) is 5.61. The van der Waals surface area contributed by atoms with Gasteiger partial charge >= 0.3 is 0 Å². The number of sulfonamides is 1. The Kier molecular flexibility index (Phi) is 4.25. The highest BCUT2D eigenvalue weighted by molar-refractivity contribution is 7.89. The van der Waals surface area contributed by atoms with Crippen molar-refractivity contribution in [2.45, 2.75) is 11.8 Å². The first-order valence-electron chi connectivity index (χ1n) is 5.54. The fourth-order valence-corrected chi connectivity index (χ4v) is 2.64. The maximum absolute atomic E-state index is 11.2. The van der Waals surface area contributed by atoms with Gasteiger partial charge in [-0.3, -0.25) is 0 Å². The van der Waals surface area contributed by atoms with Crippen LogP contribution in [0.1, 0.15) is 5.56 Å². The van der Waals surface area contributed by atoms with Gasteiger partial charge in [0.1, 0.15) is 11.5 Å². The maximum Gasteiger partial charge on any atom is 0.238 e. The molecule has 0 saturated heterocycles. The molecule has 0 aliphatic carbocycles. The molecule has 0 atom stereocenters. The average molecular weight is 332 g/mol. The van der Waals surface area contributed by atoms with Crippen molar-refractivity contribution in [2.24, 2.45) is 5.14 Å². The fourth-order valence-electron chi connectivity index (χ4n) is 1.59. The SMILES string of the molecule is Cc1cc(Cl)ccc1Oc1ccc(S(N)(=O)=O)cc1Cl. The van der Waals surface area contributed by atoms with E-state index in [0.29, 0.717) is 16.5 Å². The summed E-state index contributed by atoms with van der Waals surface area (Å²) in [5.41, 5.74) is 0.837. The Morgan fingerprint density at radius 3 is 2.25 bits per heavy atom. The van der Waals surface area contributed by atoms with E-state index in [9.17, 15) is 8.42 Å². The van der Waals surface area contributed by atoms with Crippen molar-refractivity contribution in [3.63, 3.8) is 0 Å². The number of hydrogen-bond acceptors (Lipinski definition) is 3. The van der Waals surface area contributed by atoms with Gasteiger partial charge in [0, 0.05) is 5.02 Å². The lowest BCUT2D eigenvalue weighted by atomic mass is 10.2. The molecule has 0 bridgehead atoms. The van der Waals surface area contributed by atoms with Gasteiger partial charge in [0.15, 0.2) is 0 Å². The van der Waals surface area contributed by atoms with Crippen LogP contribution >= 0.6 is 23.2 Å². The van der Waals surface area contributed by atoms with Gasteiger partial charge in [-0.15, -0.1) is 0 Å². The maximum atomic E-state index is 11.2. The second-order valence-electron chi connectivity index (χ2n) is 4.15. The second-order valence-corrected chi connectivity index (χ2v) is 6.55. The summed E-state index contributed by atoms with van der Waals surface area (Å²) in [7, 11) is -3.79. The van der Waals surface area contributed by atoms with E-state index in [1.54, 1.807) is 18.2 Å². The molecule has 106 valence electrons. The highest BCUT2D eigenvalue weighted by atomic mass is 35.5. The zero-order chi connectivity index (χ0) is 14.9. The predicted octanol–water partition coefficient (Wildman–Crippen LogP) is 3.74. The van der Waals surface area contributed by atoms with Gasteiger partial charge in [0.05, 0.1) is 9.92 Å². The van der Waals surface area contributed by atoms with Gasteiger partial charge in [0.2, 0.25) is 10.0 Å². The number of halogens is 2. The summed E-state index contributed by atoms with van der Waals surface area (Å²) in [5, 5.41) is 5.79. The van der Waals surface area contributed by atoms with Crippen LogP contribution in [0.5, 0.6) is 11.5 Å². The van der Waals surface area contributed by atoms with Gasteiger partial charge in [0.25, 0.3) is 0 Å². The van der Waals surface area contributed by atoms with Crippen LogP contribution in [-0.4, -0.2) is 8.42 Å². The molecule has 20 heavy (non-hydrogen) atoms. The number of nitrogens with two attached hydrogens (primary N) is 1. The number of primary sulfonamides is 1. The largest absolute Gasteiger partial charge is 0.456 e. The van der Waals surface area contributed by atoms with Gasteiger partial charge in [-0.25, -0.2) is 13.6 Å². The first-order chi connectivity index (χ1) is 9.27. The molecule has 0 aliphatic rings. The predicted molar refractivity (Wildman–Crippen MR) is 79.1 cm³/mol. The molecule has 2 N–H and O–H groups in total. The number of rotatable bonds is 3. The number of aryl methyl sites for hydroxylation is 1. The molecule has 0 amide bonds. The highest BCUT2D eigenvalue weighted by Crippen LogP contribution is 2.33. The minimum atomic E-state index is -3.79. The lowest BCUT2D eigenvalue weighted by Gasteiger charge is -2.11. The molecule has 2 aromatic carbocycles. The van der Waals surface area contributed by atoms with E-state index in [-0.39, 0.29) is 9.92 Å². The first kappa shape index (κ1) is 15.1. The van der Waals surface area contributed by atoms with Crippen LogP contribution in [0, 0.1) is 6.92 Å². The molecular weight excluding hydrogens is 321 g/mol. The molecule has 0 aliphatic heterocycles. The van der Waals surface area contributed by atoms with E-state index in [4.69, 9.17) is 33.1 Å². The Morgan fingerprint density at radius 2 is 1.70 bits per heavy atom. The Morgan fingerprint density at radius 1 is 1.05 bits per heavy atom. The van der Waals surface area contributed by atoms with Crippen molar-refractivity contribution in [2.75, 3.05) is 0 Å². The summed E-state index contributed by atoms with van der Waals surface area (Å²) < 4.78 is 28.1. The summed E-state index contributed by atoms with van der Waals surface area (Å²) in [6.45, 7) is 1.84. The number of benzene rings is 2. The Balaban J connectivity index is 2.35.